The van der Waals surface area contributed by atoms with Crippen molar-refractivity contribution in [3.63, 3.8) is 0 Å². The number of hydrogen-bond donors (Lipinski definition) is 3. The van der Waals surface area contributed by atoms with Gasteiger partial charge in [0.05, 0.1) is 11.9 Å². The molecule has 0 radical (unpaired) electrons. The number of nitrogens with two attached hydrogens (primary N) is 1. The number of alkyl halides is 2. The molecule has 1 amide bonds. The fourth-order valence-corrected chi connectivity index (χ4v) is 3.51. The summed E-state index contributed by atoms with van der Waals surface area (Å²) in [6.07, 6.45) is 5.09. The summed E-state index contributed by atoms with van der Waals surface area (Å²) in [4.78, 5) is 21.3. The van der Waals surface area contributed by atoms with E-state index in [1.54, 1.807) is 42.9 Å². The van der Waals surface area contributed by atoms with Crippen molar-refractivity contribution in [2.24, 2.45) is 5.73 Å². The van der Waals surface area contributed by atoms with Crippen LogP contribution in [0.4, 0.5) is 20.3 Å². The second-order valence-electron chi connectivity index (χ2n) is 7.86. The second-order valence-corrected chi connectivity index (χ2v) is 7.86. The van der Waals surface area contributed by atoms with Crippen LogP contribution in [-0.2, 0) is 0 Å². The Kier molecular flexibility index (Phi) is 6.69. The zero-order valence-electron chi connectivity index (χ0n) is 18.6. The van der Waals surface area contributed by atoms with Gasteiger partial charge >= 0.3 is 6.61 Å². The molecule has 10 heteroatoms. The van der Waals surface area contributed by atoms with Crippen molar-refractivity contribution < 1.29 is 18.3 Å². The Labute approximate surface area is 194 Å². The highest BCUT2D eigenvalue weighted by molar-refractivity contribution is 5.96. The van der Waals surface area contributed by atoms with Gasteiger partial charge in [-0.25, -0.2) is 9.97 Å². The molecule has 0 aliphatic rings. The molecule has 4 N–H and O–H groups in total. The maximum absolute atomic E-state index is 12.4. The molecule has 4 rings (SSSR count). The summed E-state index contributed by atoms with van der Waals surface area (Å²) in [7, 11) is 0. The number of rotatable bonds is 8. The van der Waals surface area contributed by atoms with Crippen LogP contribution in [0, 0.1) is 6.92 Å². The first-order valence-corrected chi connectivity index (χ1v) is 10.6. The number of aryl methyl sites for hydroxylation is 1. The molecule has 4 aromatic rings. The quantitative estimate of drug-likeness (QED) is 0.361. The summed E-state index contributed by atoms with van der Waals surface area (Å²) >= 11 is 0. The number of halogens is 2. The summed E-state index contributed by atoms with van der Waals surface area (Å²) in [6.45, 7) is 1.21. The van der Waals surface area contributed by atoms with Crippen LogP contribution >= 0.6 is 0 Å². The third-order valence-electron chi connectivity index (χ3n) is 5.12. The smallest absolute Gasteiger partial charge is 0.387 e. The van der Waals surface area contributed by atoms with Crippen molar-refractivity contribution in [3.8, 4) is 17.0 Å². The summed E-state index contributed by atoms with van der Waals surface area (Å²) in [6, 6.07) is 11.6. The highest BCUT2D eigenvalue weighted by atomic mass is 19.3. The highest BCUT2D eigenvalue weighted by Crippen LogP contribution is 2.27. The monoisotopic (exact) mass is 466 g/mol. The Morgan fingerprint density at radius 3 is 2.62 bits per heavy atom. The lowest BCUT2D eigenvalue weighted by Crippen LogP contribution is -2.35. The van der Waals surface area contributed by atoms with E-state index in [1.165, 1.54) is 12.1 Å². The molecule has 0 aliphatic carbocycles. The van der Waals surface area contributed by atoms with Gasteiger partial charge in [0.25, 0.3) is 5.91 Å². The molecule has 8 nitrogen and oxygen atoms in total. The van der Waals surface area contributed by atoms with Crippen molar-refractivity contribution in [1.29, 1.82) is 0 Å². The van der Waals surface area contributed by atoms with Gasteiger partial charge in [-0.15, -0.1) is 0 Å². The molecular weight excluding hydrogens is 442 g/mol. The Bertz CT molecular complexity index is 1300. The Balaban J connectivity index is 1.56. The third kappa shape index (κ3) is 5.12. The average Bonchev–Trinajstić information content (AvgIpc) is 3.23. The summed E-state index contributed by atoms with van der Waals surface area (Å²) in [5, 5.41) is 6.06. The van der Waals surface area contributed by atoms with E-state index in [2.05, 4.69) is 25.3 Å². The number of anilines is 2. The molecule has 0 bridgehead atoms. The number of aromatic nitrogens is 3. The van der Waals surface area contributed by atoms with E-state index in [0.29, 0.717) is 23.6 Å². The largest absolute Gasteiger partial charge is 0.435 e. The second kappa shape index (κ2) is 9.84. The SMILES string of the molecule is Cc1cc(Nc2nccn3c(-c4ccc(OC(F)F)cc4)cnc23)ccc1C(=O)NC[C@@H](C)N. The van der Waals surface area contributed by atoms with Crippen molar-refractivity contribution in [3.05, 3.63) is 72.2 Å². The third-order valence-corrected chi connectivity index (χ3v) is 5.12. The van der Waals surface area contributed by atoms with Crippen molar-refractivity contribution in [1.82, 2.24) is 19.7 Å². The number of hydrogen-bond acceptors (Lipinski definition) is 6. The Hall–Kier alpha value is -4.05. The van der Waals surface area contributed by atoms with Gasteiger partial charge in [-0.1, -0.05) is 0 Å². The number of nitrogens with one attached hydrogen (secondary N) is 2. The van der Waals surface area contributed by atoms with Crippen LogP contribution in [0.15, 0.2) is 61.1 Å². The van der Waals surface area contributed by atoms with E-state index in [4.69, 9.17) is 5.73 Å². The van der Waals surface area contributed by atoms with Crippen LogP contribution in [-0.4, -0.2) is 39.5 Å². The number of amides is 1. The molecule has 0 saturated heterocycles. The van der Waals surface area contributed by atoms with E-state index in [1.807, 2.05) is 24.3 Å². The van der Waals surface area contributed by atoms with E-state index >= 15 is 0 Å². The van der Waals surface area contributed by atoms with Gasteiger partial charge in [0.2, 0.25) is 0 Å². The number of carbonyl (C=O) groups is 1. The van der Waals surface area contributed by atoms with Crippen molar-refractivity contribution >= 4 is 23.1 Å². The molecule has 2 aromatic carbocycles. The molecule has 34 heavy (non-hydrogen) atoms. The lowest BCUT2D eigenvalue weighted by Gasteiger charge is -2.12. The highest BCUT2D eigenvalue weighted by Gasteiger charge is 2.13. The van der Waals surface area contributed by atoms with Crippen LogP contribution in [0.3, 0.4) is 0 Å². The van der Waals surface area contributed by atoms with Gasteiger partial charge in [-0.3, -0.25) is 9.20 Å². The Morgan fingerprint density at radius 1 is 1.18 bits per heavy atom. The number of nitrogens with zero attached hydrogens (tertiary/aromatic N) is 3. The summed E-state index contributed by atoms with van der Waals surface area (Å²) in [5.74, 6) is 0.436. The topological polar surface area (TPSA) is 107 Å². The first-order valence-electron chi connectivity index (χ1n) is 10.6. The number of ether oxygens (including phenoxy) is 1. The number of imidazole rings is 1. The molecule has 176 valence electrons. The minimum atomic E-state index is -2.87. The molecule has 0 saturated carbocycles. The van der Waals surface area contributed by atoms with Crippen molar-refractivity contribution in [2.45, 2.75) is 26.5 Å². The number of fused-ring (bicyclic) bond motifs is 1. The first-order chi connectivity index (χ1) is 16.3. The van der Waals surface area contributed by atoms with Crippen LogP contribution in [0.25, 0.3) is 16.9 Å². The van der Waals surface area contributed by atoms with Gasteiger partial charge in [0.1, 0.15) is 5.75 Å². The zero-order valence-corrected chi connectivity index (χ0v) is 18.6. The fraction of sp³-hybridized carbons (Fsp3) is 0.208. The molecule has 2 aromatic heterocycles. The van der Waals surface area contributed by atoms with E-state index in [-0.39, 0.29) is 17.7 Å². The van der Waals surface area contributed by atoms with Gasteiger partial charge in [-0.2, -0.15) is 8.78 Å². The molecule has 0 aliphatic heterocycles. The lowest BCUT2D eigenvalue weighted by molar-refractivity contribution is -0.0498. The van der Waals surface area contributed by atoms with Gasteiger partial charge in [0, 0.05) is 41.8 Å². The van der Waals surface area contributed by atoms with E-state index in [0.717, 1.165) is 22.5 Å². The fourth-order valence-electron chi connectivity index (χ4n) is 3.51. The summed E-state index contributed by atoms with van der Waals surface area (Å²) < 4.78 is 31.1. The maximum atomic E-state index is 12.4. The standard InChI is InChI=1S/C24H24F2N6O2/c1-14-11-17(5-8-19(14)23(33)30-12-15(2)27)31-21-22-29-13-20(32(22)10-9-28-21)16-3-6-18(7-4-16)34-24(25)26/h3-11,13,15,24H,12,27H2,1-2H3,(H,28,31)(H,30,33)/t15-/m1/s1. The average molecular weight is 466 g/mol. The first kappa shape index (κ1) is 23.1. The zero-order chi connectivity index (χ0) is 24.2. The Morgan fingerprint density at radius 2 is 1.94 bits per heavy atom. The number of benzene rings is 2. The summed E-state index contributed by atoms with van der Waals surface area (Å²) in [5.41, 5.74) is 9.95. The maximum Gasteiger partial charge on any atom is 0.387 e. The number of carbonyl (C=O) groups excluding carboxylic acids is 1. The van der Waals surface area contributed by atoms with Gasteiger partial charge in [0.15, 0.2) is 11.5 Å². The molecule has 0 unspecified atom stereocenters. The van der Waals surface area contributed by atoms with Crippen LogP contribution in [0.2, 0.25) is 0 Å². The molecule has 0 spiro atoms. The molecule has 0 fully saturated rings. The predicted octanol–water partition coefficient (Wildman–Crippen LogP) is 4.13. The normalized spacial score (nSPS) is 12.1. The van der Waals surface area contributed by atoms with Crippen LogP contribution < -0.4 is 21.1 Å². The van der Waals surface area contributed by atoms with E-state index < -0.39 is 6.61 Å². The predicted molar refractivity (Wildman–Crippen MR) is 125 cm³/mol. The minimum Gasteiger partial charge on any atom is -0.435 e. The van der Waals surface area contributed by atoms with Crippen LogP contribution in [0.5, 0.6) is 5.75 Å². The molecular formula is C24H24F2N6O2. The molecule has 1 atom stereocenters. The van der Waals surface area contributed by atoms with Crippen LogP contribution in [0.1, 0.15) is 22.8 Å². The van der Waals surface area contributed by atoms with Gasteiger partial charge < -0.3 is 21.1 Å². The van der Waals surface area contributed by atoms with E-state index in [9.17, 15) is 13.6 Å². The lowest BCUT2D eigenvalue weighted by atomic mass is 10.1. The van der Waals surface area contributed by atoms with Gasteiger partial charge in [-0.05, 0) is 61.9 Å². The van der Waals surface area contributed by atoms with Crippen molar-refractivity contribution in [2.75, 3.05) is 11.9 Å². The minimum absolute atomic E-state index is 0.0848. The molecule has 2 heterocycles.